The molecule has 0 aliphatic carbocycles. The zero-order chi connectivity index (χ0) is 26.3. The third kappa shape index (κ3) is 7.66. The molecule has 1 atom stereocenters. The van der Waals surface area contributed by atoms with E-state index in [0.717, 1.165) is 23.5 Å². The van der Waals surface area contributed by atoms with Crippen molar-refractivity contribution in [1.82, 2.24) is 15.0 Å². The molecule has 4 rings (SSSR count). The van der Waals surface area contributed by atoms with Gasteiger partial charge in [0.05, 0.1) is 12.1 Å². The molecule has 8 nitrogen and oxygen atoms in total. The maximum atomic E-state index is 12.7. The Morgan fingerprint density at radius 1 is 0.946 bits per heavy atom. The number of nitrogens with one attached hydrogen (secondary N) is 1. The van der Waals surface area contributed by atoms with Gasteiger partial charge >= 0.3 is 18.3 Å². The summed E-state index contributed by atoms with van der Waals surface area (Å²) in [7, 11) is 0. The lowest BCUT2D eigenvalue weighted by molar-refractivity contribution is -0.274. The van der Waals surface area contributed by atoms with E-state index in [1.807, 2.05) is 30.3 Å². The number of hydrogen-bond donors (Lipinski definition) is 2. The summed E-state index contributed by atoms with van der Waals surface area (Å²) in [6, 6.07) is 19.4. The van der Waals surface area contributed by atoms with Crippen LogP contribution in [-0.2, 0) is 11.3 Å². The van der Waals surface area contributed by atoms with Crippen molar-refractivity contribution >= 4 is 11.8 Å². The van der Waals surface area contributed by atoms with E-state index in [1.165, 1.54) is 24.4 Å². The monoisotopic (exact) mass is 510 g/mol. The third-order valence-corrected chi connectivity index (χ3v) is 5.16. The molecule has 2 heterocycles. The normalized spacial score (nSPS) is 12.0. The Bertz CT molecular complexity index is 1340. The van der Waals surface area contributed by atoms with Crippen LogP contribution in [0.4, 0.5) is 19.0 Å². The highest BCUT2D eigenvalue weighted by Gasteiger charge is 2.31. The number of carboxylic acids is 1. The van der Waals surface area contributed by atoms with Crippen molar-refractivity contribution in [2.45, 2.75) is 25.2 Å². The van der Waals surface area contributed by atoms with Gasteiger partial charge in [-0.25, -0.2) is 9.97 Å². The molecule has 0 spiro atoms. The first-order valence-electron chi connectivity index (χ1n) is 11.1. The lowest BCUT2D eigenvalue weighted by Gasteiger charge is -2.17. The quantitative estimate of drug-likeness (QED) is 0.277. The maximum absolute atomic E-state index is 12.7. The molecule has 0 amide bonds. The van der Waals surface area contributed by atoms with Crippen LogP contribution in [0.2, 0.25) is 0 Å². The van der Waals surface area contributed by atoms with E-state index in [4.69, 9.17) is 4.74 Å². The number of carbonyl (C=O) groups is 1. The number of nitrogens with zero attached hydrogens (tertiary/aromatic N) is 3. The average molecular weight is 510 g/mol. The molecule has 0 saturated carbocycles. The van der Waals surface area contributed by atoms with E-state index in [0.29, 0.717) is 17.9 Å². The van der Waals surface area contributed by atoms with E-state index in [1.54, 1.807) is 18.3 Å². The van der Waals surface area contributed by atoms with E-state index in [2.05, 4.69) is 25.0 Å². The molecule has 1 unspecified atom stereocenters. The summed E-state index contributed by atoms with van der Waals surface area (Å²) < 4.78 is 47.7. The van der Waals surface area contributed by atoms with Crippen LogP contribution in [0.25, 0.3) is 0 Å². The Kier molecular flexibility index (Phi) is 7.82. The van der Waals surface area contributed by atoms with Crippen LogP contribution in [0.1, 0.15) is 29.2 Å². The molecule has 2 N–H and O–H groups in total. The smallest absolute Gasteiger partial charge is 0.481 e. The van der Waals surface area contributed by atoms with Crippen molar-refractivity contribution in [3.8, 4) is 17.5 Å². The SMILES string of the molecule is O=C(O)CC(c1cccc(OC(F)(F)F)c1)c1ccnc(Oc2ccc(CNc3ccccn3)cc2)n1. The summed E-state index contributed by atoms with van der Waals surface area (Å²) in [6.45, 7) is 0.553. The van der Waals surface area contributed by atoms with Crippen LogP contribution in [-0.4, -0.2) is 32.4 Å². The number of aromatic nitrogens is 3. The third-order valence-electron chi connectivity index (χ3n) is 5.16. The Morgan fingerprint density at radius 2 is 1.76 bits per heavy atom. The molecular formula is C26H21F3N4O4. The zero-order valence-corrected chi connectivity index (χ0v) is 19.2. The Hall–Kier alpha value is -4.67. The van der Waals surface area contributed by atoms with Gasteiger partial charge in [-0.1, -0.05) is 30.3 Å². The highest BCUT2D eigenvalue weighted by atomic mass is 19.4. The maximum Gasteiger partial charge on any atom is 0.573 e. The van der Waals surface area contributed by atoms with Crippen LogP contribution >= 0.6 is 0 Å². The number of anilines is 1. The summed E-state index contributed by atoms with van der Waals surface area (Å²) in [4.78, 5) is 24.1. The van der Waals surface area contributed by atoms with Crippen LogP contribution in [0.15, 0.2) is 85.2 Å². The van der Waals surface area contributed by atoms with Crippen molar-refractivity contribution < 1.29 is 32.5 Å². The summed E-state index contributed by atoms with van der Waals surface area (Å²) in [5, 5.41) is 12.6. The minimum absolute atomic E-state index is 0.0325. The standard InChI is InChI=1S/C26H21F3N4O4/c27-26(28,29)37-20-5-3-4-18(14-20)21(15-24(34)35)22-11-13-31-25(33-22)36-19-9-7-17(8-10-19)16-32-23-6-1-2-12-30-23/h1-14,21H,15-16H2,(H,30,32)(H,34,35). The topological polar surface area (TPSA) is 106 Å². The van der Waals surface area contributed by atoms with Crippen molar-refractivity contribution in [2.75, 3.05) is 5.32 Å². The lowest BCUT2D eigenvalue weighted by Crippen LogP contribution is -2.17. The minimum atomic E-state index is -4.87. The molecule has 2 aromatic carbocycles. The second kappa shape index (κ2) is 11.4. The first-order valence-corrected chi connectivity index (χ1v) is 11.1. The van der Waals surface area contributed by atoms with Crippen LogP contribution in [0, 0.1) is 0 Å². The molecule has 11 heteroatoms. The Morgan fingerprint density at radius 3 is 2.46 bits per heavy atom. The summed E-state index contributed by atoms with van der Waals surface area (Å²) in [5.41, 5.74) is 1.54. The highest BCUT2D eigenvalue weighted by molar-refractivity contribution is 5.69. The van der Waals surface area contributed by atoms with E-state index >= 15 is 0 Å². The van der Waals surface area contributed by atoms with Gasteiger partial charge in [0.25, 0.3) is 0 Å². The molecule has 37 heavy (non-hydrogen) atoms. The number of pyridine rings is 1. The predicted octanol–water partition coefficient (Wildman–Crippen LogP) is 5.78. The van der Waals surface area contributed by atoms with E-state index in [9.17, 15) is 23.1 Å². The fraction of sp³-hybridized carbons (Fsp3) is 0.154. The first kappa shape index (κ1) is 25.4. The van der Waals surface area contributed by atoms with E-state index in [-0.39, 0.29) is 11.7 Å². The van der Waals surface area contributed by atoms with Gasteiger partial charge in [0.15, 0.2) is 0 Å². The second-order valence-electron chi connectivity index (χ2n) is 7.85. The molecule has 0 radical (unpaired) electrons. The number of hydrogen-bond acceptors (Lipinski definition) is 7. The van der Waals surface area contributed by atoms with Crippen LogP contribution in [0.3, 0.4) is 0 Å². The summed E-state index contributed by atoms with van der Waals surface area (Å²) >= 11 is 0. The van der Waals surface area contributed by atoms with Gasteiger partial charge in [-0.2, -0.15) is 4.98 Å². The lowest BCUT2D eigenvalue weighted by atomic mass is 9.92. The van der Waals surface area contributed by atoms with Gasteiger partial charge in [0.2, 0.25) is 0 Å². The first-order chi connectivity index (χ1) is 17.7. The average Bonchev–Trinajstić information content (AvgIpc) is 2.87. The Labute approximate surface area is 209 Å². The number of halogens is 3. The molecule has 0 saturated heterocycles. The number of carboxylic acid groups (broad SMARTS) is 1. The molecule has 0 fully saturated rings. The number of rotatable bonds is 10. The van der Waals surface area contributed by atoms with Crippen LogP contribution in [0.5, 0.6) is 17.5 Å². The summed E-state index contributed by atoms with van der Waals surface area (Å²) in [6.07, 6.45) is -2.19. The Balaban J connectivity index is 1.49. The zero-order valence-electron chi connectivity index (χ0n) is 19.2. The van der Waals surface area contributed by atoms with Crippen molar-refractivity contribution in [3.05, 3.63) is 102 Å². The van der Waals surface area contributed by atoms with Gasteiger partial charge in [-0.05, 0) is 53.6 Å². The molecule has 2 aromatic heterocycles. The fourth-order valence-corrected chi connectivity index (χ4v) is 3.53. The molecule has 0 aliphatic rings. The van der Waals surface area contributed by atoms with Gasteiger partial charge in [0.1, 0.15) is 17.3 Å². The predicted molar refractivity (Wildman–Crippen MR) is 127 cm³/mol. The summed E-state index contributed by atoms with van der Waals surface area (Å²) in [5.74, 6) is -1.26. The highest BCUT2D eigenvalue weighted by Crippen LogP contribution is 2.32. The molecule has 4 aromatic rings. The van der Waals surface area contributed by atoms with Crippen LogP contribution < -0.4 is 14.8 Å². The molecular weight excluding hydrogens is 489 g/mol. The van der Waals surface area contributed by atoms with Gasteiger partial charge < -0.3 is 19.9 Å². The second-order valence-corrected chi connectivity index (χ2v) is 7.85. The van der Waals surface area contributed by atoms with Gasteiger partial charge in [0, 0.05) is 24.9 Å². The minimum Gasteiger partial charge on any atom is -0.481 e. The van der Waals surface area contributed by atoms with Gasteiger partial charge in [-0.3, -0.25) is 4.79 Å². The number of benzene rings is 2. The fourth-order valence-electron chi connectivity index (χ4n) is 3.53. The van der Waals surface area contributed by atoms with Crippen molar-refractivity contribution in [2.24, 2.45) is 0 Å². The molecule has 0 aliphatic heterocycles. The van der Waals surface area contributed by atoms with Gasteiger partial charge in [-0.15, -0.1) is 13.2 Å². The van der Waals surface area contributed by atoms with Crippen molar-refractivity contribution in [1.29, 1.82) is 0 Å². The molecule has 190 valence electrons. The molecule has 0 bridgehead atoms. The number of aliphatic carboxylic acids is 1. The van der Waals surface area contributed by atoms with E-state index < -0.39 is 30.4 Å². The number of ether oxygens (including phenoxy) is 2. The number of alkyl halides is 3. The largest absolute Gasteiger partial charge is 0.573 e. The van der Waals surface area contributed by atoms with Crippen molar-refractivity contribution in [3.63, 3.8) is 0 Å².